The molecule has 1 aromatic heterocycles. The van der Waals surface area contributed by atoms with Gasteiger partial charge in [0, 0.05) is 35.4 Å². The van der Waals surface area contributed by atoms with E-state index in [1.54, 1.807) is 38.5 Å². The summed E-state index contributed by atoms with van der Waals surface area (Å²) in [5.41, 5.74) is 3.51. The number of rotatable bonds is 6. The minimum Gasteiger partial charge on any atom is -0.493 e. The molecule has 1 saturated heterocycles. The van der Waals surface area contributed by atoms with Crippen LogP contribution in [0.25, 0.3) is 11.3 Å². The van der Waals surface area contributed by atoms with Crippen molar-refractivity contribution in [1.82, 2.24) is 10.2 Å². The average Bonchev–Trinajstić information content (AvgIpc) is 3.22. The van der Waals surface area contributed by atoms with Crippen LogP contribution in [-0.2, 0) is 4.74 Å². The Balaban J connectivity index is 1.68. The molecular weight excluding hydrogens is 432 g/mol. The maximum absolute atomic E-state index is 12.9. The number of benzene rings is 2. The first kappa shape index (κ1) is 22.0. The van der Waals surface area contributed by atoms with Crippen molar-refractivity contribution in [2.24, 2.45) is 0 Å². The van der Waals surface area contributed by atoms with Crippen LogP contribution >= 0.6 is 11.6 Å². The second kappa shape index (κ2) is 9.93. The van der Waals surface area contributed by atoms with E-state index in [0.717, 1.165) is 24.1 Å². The molecule has 2 heterocycles. The zero-order chi connectivity index (χ0) is 22.5. The lowest BCUT2D eigenvalue weighted by Crippen LogP contribution is -2.22. The Bertz CT molecular complexity index is 1100. The molecule has 8 nitrogen and oxygen atoms in total. The molecule has 0 spiro atoms. The van der Waals surface area contributed by atoms with Gasteiger partial charge in [0.1, 0.15) is 5.69 Å². The first-order chi connectivity index (χ1) is 15.6. The molecule has 4 rings (SSSR count). The van der Waals surface area contributed by atoms with Gasteiger partial charge in [-0.05, 0) is 49.2 Å². The molecule has 1 aliphatic heterocycles. The van der Waals surface area contributed by atoms with Crippen LogP contribution in [0.5, 0.6) is 11.5 Å². The number of H-pyrrole nitrogens is 1. The van der Waals surface area contributed by atoms with Gasteiger partial charge in [0.25, 0.3) is 0 Å². The molecule has 1 fully saturated rings. The van der Waals surface area contributed by atoms with Crippen LogP contribution in [-0.4, -0.2) is 43.7 Å². The van der Waals surface area contributed by atoms with Crippen LogP contribution in [0.4, 0.5) is 16.2 Å². The van der Waals surface area contributed by atoms with Gasteiger partial charge in [-0.2, -0.15) is 5.10 Å². The predicted octanol–water partition coefficient (Wildman–Crippen LogP) is 5.29. The van der Waals surface area contributed by atoms with Crippen molar-refractivity contribution >= 4 is 29.0 Å². The number of methoxy groups -OCH3 is 2. The number of amides is 2. The standard InChI is InChI=1S/C23H25ClN4O4/c1-30-18-7-6-15(12-19(18)31-2)21-22(20(27-28-21)14-8-10-32-11-9-14)26-23(29)25-17-5-3-4-16(24)13-17/h3-7,12-14H,8-11H2,1-2H3,(H,27,28)(H2,25,26,29). The molecule has 2 aromatic carbocycles. The fourth-order valence-electron chi connectivity index (χ4n) is 3.80. The second-order valence-electron chi connectivity index (χ2n) is 7.41. The largest absolute Gasteiger partial charge is 0.493 e. The molecule has 3 aromatic rings. The monoisotopic (exact) mass is 456 g/mol. The van der Waals surface area contributed by atoms with E-state index in [4.69, 9.17) is 25.8 Å². The maximum Gasteiger partial charge on any atom is 0.323 e. The molecule has 0 bridgehead atoms. The average molecular weight is 457 g/mol. The Morgan fingerprint density at radius 2 is 1.88 bits per heavy atom. The van der Waals surface area contributed by atoms with Crippen LogP contribution in [0.2, 0.25) is 5.02 Å². The summed E-state index contributed by atoms with van der Waals surface area (Å²) < 4.78 is 16.3. The number of urea groups is 1. The highest BCUT2D eigenvalue weighted by molar-refractivity contribution is 6.30. The number of anilines is 2. The molecule has 0 aliphatic carbocycles. The van der Waals surface area contributed by atoms with E-state index in [1.807, 2.05) is 18.2 Å². The second-order valence-corrected chi connectivity index (χ2v) is 7.84. The van der Waals surface area contributed by atoms with E-state index in [1.165, 1.54) is 0 Å². The zero-order valence-electron chi connectivity index (χ0n) is 17.9. The number of nitrogens with zero attached hydrogens (tertiary/aromatic N) is 1. The number of carbonyl (C=O) groups excluding carboxylic acids is 1. The predicted molar refractivity (Wildman–Crippen MR) is 124 cm³/mol. The summed E-state index contributed by atoms with van der Waals surface area (Å²) in [6.45, 7) is 1.34. The molecule has 1 aliphatic rings. The molecule has 0 radical (unpaired) electrons. The van der Waals surface area contributed by atoms with Crippen molar-refractivity contribution in [3.8, 4) is 22.8 Å². The number of hydrogen-bond donors (Lipinski definition) is 3. The van der Waals surface area contributed by atoms with Gasteiger partial charge in [0.15, 0.2) is 11.5 Å². The van der Waals surface area contributed by atoms with Gasteiger partial charge in [-0.15, -0.1) is 0 Å². The van der Waals surface area contributed by atoms with E-state index < -0.39 is 0 Å². The van der Waals surface area contributed by atoms with Crippen molar-refractivity contribution in [2.75, 3.05) is 38.1 Å². The Kier molecular flexibility index (Phi) is 6.82. The Labute approximate surface area is 191 Å². The number of ether oxygens (including phenoxy) is 3. The SMILES string of the molecule is COc1ccc(-c2n[nH]c(C3CCOCC3)c2NC(=O)Nc2cccc(Cl)c2)cc1OC. The van der Waals surface area contributed by atoms with E-state index in [9.17, 15) is 4.79 Å². The molecule has 32 heavy (non-hydrogen) atoms. The summed E-state index contributed by atoms with van der Waals surface area (Å²) in [4.78, 5) is 12.9. The summed E-state index contributed by atoms with van der Waals surface area (Å²) in [5.74, 6) is 1.39. The van der Waals surface area contributed by atoms with Crippen molar-refractivity contribution in [3.05, 3.63) is 53.2 Å². The molecule has 3 N–H and O–H groups in total. The molecular formula is C23H25ClN4O4. The first-order valence-electron chi connectivity index (χ1n) is 10.3. The van der Waals surface area contributed by atoms with Gasteiger partial charge >= 0.3 is 6.03 Å². The molecule has 0 saturated carbocycles. The number of aromatic nitrogens is 2. The molecule has 9 heteroatoms. The van der Waals surface area contributed by atoms with Gasteiger partial charge in [-0.3, -0.25) is 5.10 Å². The van der Waals surface area contributed by atoms with Crippen molar-refractivity contribution < 1.29 is 19.0 Å². The summed E-state index contributed by atoms with van der Waals surface area (Å²) in [7, 11) is 3.17. The first-order valence-corrected chi connectivity index (χ1v) is 10.7. The smallest absolute Gasteiger partial charge is 0.323 e. The Morgan fingerprint density at radius 3 is 2.59 bits per heavy atom. The Morgan fingerprint density at radius 1 is 1.09 bits per heavy atom. The minimum atomic E-state index is -0.385. The third-order valence-electron chi connectivity index (χ3n) is 5.40. The fourth-order valence-corrected chi connectivity index (χ4v) is 3.99. The summed E-state index contributed by atoms with van der Waals surface area (Å²) >= 11 is 6.04. The van der Waals surface area contributed by atoms with Crippen molar-refractivity contribution in [2.45, 2.75) is 18.8 Å². The Hall–Kier alpha value is -3.23. The number of carbonyl (C=O) groups is 1. The van der Waals surface area contributed by atoms with E-state index in [-0.39, 0.29) is 11.9 Å². The molecule has 2 amide bonds. The number of aromatic amines is 1. The summed E-state index contributed by atoms with van der Waals surface area (Å²) in [6, 6.07) is 12.1. The van der Waals surface area contributed by atoms with E-state index in [0.29, 0.717) is 46.8 Å². The highest BCUT2D eigenvalue weighted by Gasteiger charge is 2.26. The van der Waals surface area contributed by atoms with Gasteiger partial charge in [-0.1, -0.05) is 17.7 Å². The lowest BCUT2D eigenvalue weighted by molar-refractivity contribution is 0.0846. The quantitative estimate of drug-likeness (QED) is 0.468. The van der Waals surface area contributed by atoms with Crippen molar-refractivity contribution in [3.63, 3.8) is 0 Å². The highest BCUT2D eigenvalue weighted by Crippen LogP contribution is 2.39. The molecule has 0 unspecified atom stereocenters. The lowest BCUT2D eigenvalue weighted by atomic mass is 9.94. The maximum atomic E-state index is 12.9. The number of nitrogens with one attached hydrogen (secondary N) is 3. The summed E-state index contributed by atoms with van der Waals surface area (Å²) in [5, 5.41) is 14.0. The number of hydrogen-bond acceptors (Lipinski definition) is 5. The van der Waals surface area contributed by atoms with Gasteiger partial charge < -0.3 is 24.8 Å². The van der Waals surface area contributed by atoms with Gasteiger partial charge in [0.2, 0.25) is 0 Å². The topological polar surface area (TPSA) is 97.5 Å². The van der Waals surface area contributed by atoms with Crippen LogP contribution in [0, 0.1) is 0 Å². The summed E-state index contributed by atoms with van der Waals surface area (Å²) in [6.07, 6.45) is 1.69. The van der Waals surface area contributed by atoms with E-state index in [2.05, 4.69) is 20.8 Å². The third-order valence-corrected chi connectivity index (χ3v) is 5.64. The van der Waals surface area contributed by atoms with Crippen LogP contribution in [0.3, 0.4) is 0 Å². The van der Waals surface area contributed by atoms with Crippen molar-refractivity contribution in [1.29, 1.82) is 0 Å². The normalized spacial score (nSPS) is 14.1. The molecule has 0 atom stereocenters. The van der Waals surface area contributed by atoms with Crippen LogP contribution in [0.15, 0.2) is 42.5 Å². The van der Waals surface area contributed by atoms with E-state index >= 15 is 0 Å². The highest BCUT2D eigenvalue weighted by atomic mass is 35.5. The molecule has 168 valence electrons. The third kappa shape index (κ3) is 4.81. The lowest BCUT2D eigenvalue weighted by Gasteiger charge is -2.22. The van der Waals surface area contributed by atoms with Gasteiger partial charge in [0.05, 0.1) is 25.6 Å². The minimum absolute atomic E-state index is 0.201. The van der Waals surface area contributed by atoms with Crippen LogP contribution < -0.4 is 20.1 Å². The fraction of sp³-hybridized carbons (Fsp3) is 0.304. The number of halogens is 1. The van der Waals surface area contributed by atoms with Crippen LogP contribution in [0.1, 0.15) is 24.5 Å². The van der Waals surface area contributed by atoms with Gasteiger partial charge in [-0.25, -0.2) is 4.79 Å². The zero-order valence-corrected chi connectivity index (χ0v) is 18.7.